The molecule has 5 nitrogen and oxygen atoms in total. The Morgan fingerprint density at radius 3 is 2.52 bits per heavy atom. The van der Waals surface area contributed by atoms with Crippen LogP contribution in [0.25, 0.3) is 28.2 Å². The SMILES string of the molecule is CCc1ccc2nc(-c3cccnc3N)n(-c3ccc(C)cc3)c2n1. The molecule has 0 unspecified atom stereocenters. The molecule has 0 atom stereocenters. The molecule has 0 radical (unpaired) electrons. The largest absolute Gasteiger partial charge is 0.383 e. The predicted octanol–water partition coefficient (Wildman–Crippen LogP) is 3.94. The van der Waals surface area contributed by atoms with E-state index in [-0.39, 0.29) is 0 Å². The van der Waals surface area contributed by atoms with Crippen LogP contribution in [0.2, 0.25) is 0 Å². The fourth-order valence-corrected chi connectivity index (χ4v) is 2.92. The molecule has 0 fully saturated rings. The number of aromatic nitrogens is 4. The lowest BCUT2D eigenvalue weighted by Gasteiger charge is -2.10. The summed E-state index contributed by atoms with van der Waals surface area (Å²) in [4.78, 5) is 13.8. The molecule has 0 aliphatic carbocycles. The van der Waals surface area contributed by atoms with Crippen LogP contribution in [-0.2, 0) is 6.42 Å². The molecule has 0 spiro atoms. The van der Waals surface area contributed by atoms with E-state index in [9.17, 15) is 0 Å². The van der Waals surface area contributed by atoms with Crippen LogP contribution in [0.3, 0.4) is 0 Å². The van der Waals surface area contributed by atoms with Gasteiger partial charge in [-0.3, -0.25) is 4.57 Å². The summed E-state index contributed by atoms with van der Waals surface area (Å²) in [7, 11) is 0. The molecule has 3 aromatic heterocycles. The molecule has 0 amide bonds. The van der Waals surface area contributed by atoms with Gasteiger partial charge in [0.05, 0.1) is 5.56 Å². The monoisotopic (exact) mass is 329 g/mol. The van der Waals surface area contributed by atoms with Gasteiger partial charge in [0.25, 0.3) is 0 Å². The van der Waals surface area contributed by atoms with Crippen LogP contribution in [0, 0.1) is 6.92 Å². The Hall–Kier alpha value is -3.21. The number of nitrogens with zero attached hydrogens (tertiary/aromatic N) is 4. The third kappa shape index (κ3) is 2.63. The Kier molecular flexibility index (Phi) is 3.69. The molecular formula is C20H19N5. The first-order chi connectivity index (χ1) is 12.2. The summed E-state index contributed by atoms with van der Waals surface area (Å²) in [6, 6.07) is 16.2. The van der Waals surface area contributed by atoms with Crippen molar-refractivity contribution in [2.75, 3.05) is 5.73 Å². The first kappa shape index (κ1) is 15.3. The second-order valence-electron chi connectivity index (χ2n) is 6.04. The van der Waals surface area contributed by atoms with Crippen LogP contribution in [0.1, 0.15) is 18.2 Å². The summed E-state index contributed by atoms with van der Waals surface area (Å²) in [5.41, 5.74) is 11.8. The number of benzene rings is 1. The van der Waals surface area contributed by atoms with Gasteiger partial charge in [-0.25, -0.2) is 15.0 Å². The Bertz CT molecular complexity index is 1050. The Morgan fingerprint density at radius 2 is 1.80 bits per heavy atom. The second kappa shape index (κ2) is 6.02. The van der Waals surface area contributed by atoms with Crippen molar-refractivity contribution in [2.24, 2.45) is 0 Å². The Labute approximate surface area is 146 Å². The number of fused-ring (bicyclic) bond motifs is 1. The third-order valence-electron chi connectivity index (χ3n) is 4.30. The van der Waals surface area contributed by atoms with E-state index in [1.807, 2.05) is 24.3 Å². The van der Waals surface area contributed by atoms with Gasteiger partial charge in [-0.2, -0.15) is 0 Å². The highest BCUT2D eigenvalue weighted by atomic mass is 15.1. The van der Waals surface area contributed by atoms with Crippen molar-refractivity contribution in [3.05, 3.63) is 66.0 Å². The smallest absolute Gasteiger partial charge is 0.165 e. The van der Waals surface area contributed by atoms with Gasteiger partial charge in [-0.15, -0.1) is 0 Å². The van der Waals surface area contributed by atoms with Crippen LogP contribution in [0.4, 0.5) is 5.82 Å². The normalized spacial score (nSPS) is 11.1. The molecule has 3 heterocycles. The summed E-state index contributed by atoms with van der Waals surface area (Å²) < 4.78 is 2.06. The molecule has 4 aromatic rings. The average molecular weight is 329 g/mol. The quantitative estimate of drug-likeness (QED) is 0.618. The van der Waals surface area contributed by atoms with Crippen molar-refractivity contribution in [1.82, 2.24) is 19.5 Å². The fraction of sp³-hybridized carbons (Fsp3) is 0.150. The number of pyridine rings is 2. The van der Waals surface area contributed by atoms with Gasteiger partial charge in [0.15, 0.2) is 11.5 Å². The van der Waals surface area contributed by atoms with Crippen LogP contribution < -0.4 is 5.73 Å². The maximum absolute atomic E-state index is 6.12. The van der Waals surface area contributed by atoms with E-state index in [0.717, 1.165) is 40.4 Å². The number of rotatable bonds is 3. The molecule has 25 heavy (non-hydrogen) atoms. The van der Waals surface area contributed by atoms with E-state index in [4.69, 9.17) is 15.7 Å². The van der Waals surface area contributed by atoms with Gasteiger partial charge in [-0.1, -0.05) is 24.6 Å². The minimum atomic E-state index is 0.460. The lowest BCUT2D eigenvalue weighted by Crippen LogP contribution is -2.02. The molecule has 0 saturated carbocycles. The van der Waals surface area contributed by atoms with Gasteiger partial charge >= 0.3 is 0 Å². The first-order valence-electron chi connectivity index (χ1n) is 8.33. The molecule has 5 heteroatoms. The number of hydrogen-bond acceptors (Lipinski definition) is 4. The standard InChI is InChI=1S/C20H19N5/c1-3-14-8-11-17-20(23-14)25(15-9-6-13(2)7-10-15)19(24-17)16-5-4-12-22-18(16)21/h4-12H,3H2,1-2H3,(H2,21,22). The number of aryl methyl sites for hydroxylation is 2. The number of nitrogens with two attached hydrogens (primary N) is 1. The molecule has 1 aromatic carbocycles. The highest BCUT2D eigenvalue weighted by molar-refractivity contribution is 5.82. The molecule has 0 saturated heterocycles. The van der Waals surface area contributed by atoms with Crippen molar-refractivity contribution in [1.29, 1.82) is 0 Å². The summed E-state index contributed by atoms with van der Waals surface area (Å²) in [6.45, 7) is 4.17. The lowest BCUT2D eigenvalue weighted by atomic mass is 10.2. The minimum Gasteiger partial charge on any atom is -0.383 e. The zero-order chi connectivity index (χ0) is 17.4. The summed E-state index contributed by atoms with van der Waals surface area (Å²) >= 11 is 0. The summed E-state index contributed by atoms with van der Waals surface area (Å²) in [6.07, 6.45) is 2.56. The van der Waals surface area contributed by atoms with Crippen molar-refractivity contribution in [3.63, 3.8) is 0 Å². The maximum atomic E-state index is 6.12. The van der Waals surface area contributed by atoms with E-state index in [2.05, 4.69) is 47.7 Å². The molecule has 4 rings (SSSR count). The minimum absolute atomic E-state index is 0.460. The van der Waals surface area contributed by atoms with Gasteiger partial charge in [0.1, 0.15) is 11.3 Å². The number of anilines is 1. The highest BCUT2D eigenvalue weighted by Gasteiger charge is 2.17. The molecule has 0 bridgehead atoms. The molecule has 0 aliphatic heterocycles. The first-order valence-corrected chi connectivity index (χ1v) is 8.33. The number of hydrogen-bond donors (Lipinski definition) is 1. The third-order valence-corrected chi connectivity index (χ3v) is 4.30. The van der Waals surface area contributed by atoms with E-state index < -0.39 is 0 Å². The summed E-state index contributed by atoms with van der Waals surface area (Å²) in [5, 5.41) is 0. The zero-order valence-electron chi connectivity index (χ0n) is 14.3. The van der Waals surface area contributed by atoms with Crippen molar-refractivity contribution in [2.45, 2.75) is 20.3 Å². The lowest BCUT2D eigenvalue weighted by molar-refractivity contribution is 1.02. The highest BCUT2D eigenvalue weighted by Crippen LogP contribution is 2.30. The topological polar surface area (TPSA) is 69.6 Å². The van der Waals surface area contributed by atoms with Crippen molar-refractivity contribution >= 4 is 17.0 Å². The van der Waals surface area contributed by atoms with E-state index in [0.29, 0.717) is 5.82 Å². The molecule has 2 N–H and O–H groups in total. The van der Waals surface area contributed by atoms with Gasteiger partial charge in [-0.05, 0) is 49.7 Å². The Morgan fingerprint density at radius 1 is 1.00 bits per heavy atom. The van der Waals surface area contributed by atoms with E-state index >= 15 is 0 Å². The predicted molar refractivity (Wildman–Crippen MR) is 101 cm³/mol. The van der Waals surface area contributed by atoms with Crippen LogP contribution in [0.5, 0.6) is 0 Å². The van der Waals surface area contributed by atoms with Crippen molar-refractivity contribution < 1.29 is 0 Å². The molecular weight excluding hydrogens is 310 g/mol. The number of nitrogen functional groups attached to an aromatic ring is 1. The summed E-state index contributed by atoms with van der Waals surface area (Å²) in [5.74, 6) is 1.21. The van der Waals surface area contributed by atoms with E-state index in [1.54, 1.807) is 6.20 Å². The Balaban J connectivity index is 2.06. The van der Waals surface area contributed by atoms with Crippen LogP contribution in [-0.4, -0.2) is 19.5 Å². The van der Waals surface area contributed by atoms with Crippen LogP contribution >= 0.6 is 0 Å². The van der Waals surface area contributed by atoms with Gasteiger partial charge in [0, 0.05) is 17.6 Å². The zero-order valence-corrected chi connectivity index (χ0v) is 14.3. The van der Waals surface area contributed by atoms with Gasteiger partial charge in [0.2, 0.25) is 0 Å². The fourth-order valence-electron chi connectivity index (χ4n) is 2.92. The van der Waals surface area contributed by atoms with Gasteiger partial charge < -0.3 is 5.73 Å². The van der Waals surface area contributed by atoms with Crippen molar-refractivity contribution in [3.8, 4) is 17.1 Å². The second-order valence-corrected chi connectivity index (χ2v) is 6.04. The number of imidazole rings is 1. The molecule has 0 aliphatic rings. The average Bonchev–Trinajstić information content (AvgIpc) is 3.01. The molecule has 124 valence electrons. The van der Waals surface area contributed by atoms with Crippen LogP contribution in [0.15, 0.2) is 54.7 Å². The maximum Gasteiger partial charge on any atom is 0.165 e. The van der Waals surface area contributed by atoms with E-state index in [1.165, 1.54) is 5.56 Å².